The van der Waals surface area contributed by atoms with Gasteiger partial charge < -0.3 is 56.1 Å². The van der Waals surface area contributed by atoms with E-state index >= 15 is 0 Å². The van der Waals surface area contributed by atoms with Crippen molar-refractivity contribution < 1.29 is 67.9 Å². The van der Waals surface area contributed by atoms with Crippen LogP contribution in [0.5, 0.6) is 5.75 Å². The van der Waals surface area contributed by atoms with Crippen LogP contribution in [-0.4, -0.2) is 227 Å². The van der Waals surface area contributed by atoms with Crippen LogP contribution >= 0.6 is 0 Å². The molecule has 1 heterocycles. The summed E-state index contributed by atoms with van der Waals surface area (Å²) >= 11 is 0. The van der Waals surface area contributed by atoms with Gasteiger partial charge in [0.1, 0.15) is 18.4 Å². The molecule has 1 aromatic rings. The Morgan fingerprint density at radius 3 is 1.65 bits per heavy atom. The van der Waals surface area contributed by atoms with Crippen LogP contribution < -0.4 is 31.3 Å². The second-order valence-corrected chi connectivity index (χ2v) is 15.4. The summed E-state index contributed by atoms with van der Waals surface area (Å²) in [5.41, 5.74) is 1.07. The summed E-state index contributed by atoms with van der Waals surface area (Å²) in [4.78, 5) is 103. The highest BCUT2D eigenvalue weighted by molar-refractivity contribution is 5.90. The topological polar surface area (TPSA) is 298 Å². The number of nitrogens with zero attached hydrogens (tertiary/aromatic N) is 4. The number of carboxylic acid groups (broad SMARTS) is 3. The van der Waals surface area contributed by atoms with Gasteiger partial charge in [-0.1, -0.05) is 12.1 Å². The van der Waals surface area contributed by atoms with E-state index in [2.05, 4.69) is 26.6 Å². The fraction of sp³-hybridized carbons (Fsp3) is 0.667. The fourth-order valence-corrected chi connectivity index (χ4v) is 6.64. The number of carbonyl (C=O) groups is 8. The molecule has 8 N–H and O–H groups in total. The van der Waals surface area contributed by atoms with Gasteiger partial charge in [-0.2, -0.15) is 0 Å². The molecule has 366 valence electrons. The highest BCUT2D eigenvalue weighted by atomic mass is 16.5. The van der Waals surface area contributed by atoms with Crippen molar-refractivity contribution in [3.8, 4) is 5.75 Å². The van der Waals surface area contributed by atoms with Crippen LogP contribution in [0.15, 0.2) is 24.3 Å². The molecule has 1 fully saturated rings. The number of aryl methyl sites for hydroxylation is 1. The molecule has 1 aliphatic rings. The summed E-state index contributed by atoms with van der Waals surface area (Å²) in [5, 5.41) is 41.4. The first-order chi connectivity index (χ1) is 31.2. The van der Waals surface area contributed by atoms with E-state index in [4.69, 9.17) is 14.2 Å². The molecule has 0 aromatic heterocycles. The first kappa shape index (κ1) is 55.7. The van der Waals surface area contributed by atoms with Crippen LogP contribution in [0, 0.1) is 0 Å². The smallest absolute Gasteiger partial charge is 0.317 e. The van der Waals surface area contributed by atoms with Gasteiger partial charge in [0.15, 0.2) is 0 Å². The van der Waals surface area contributed by atoms with Crippen LogP contribution in [0.25, 0.3) is 0 Å². The molecule has 23 heteroatoms. The van der Waals surface area contributed by atoms with Crippen molar-refractivity contribution in [3.63, 3.8) is 0 Å². The lowest BCUT2D eigenvalue weighted by molar-refractivity contribution is -0.140. The third kappa shape index (κ3) is 27.5. The molecule has 0 bridgehead atoms. The number of benzene rings is 1. The predicted molar refractivity (Wildman–Crippen MR) is 235 cm³/mol. The Kier molecular flexibility index (Phi) is 28.3. The molecule has 0 unspecified atom stereocenters. The minimum atomic E-state index is -1.04. The average Bonchev–Trinajstić information content (AvgIpc) is 3.26. The number of carboxylic acids is 3. The van der Waals surface area contributed by atoms with Gasteiger partial charge in [-0.3, -0.25) is 58.0 Å². The SMILES string of the molecule is CNC(=O)[C@H](CCCCNC(=O)COCCOCCNC(=O)CN1CCN(CC(=O)O)CCN(CC(=O)O)CCN(CC(=O)O)CC1)NC(=O)CNC(=O)CCCc1ccc(OC)cc1. The lowest BCUT2D eigenvalue weighted by Gasteiger charge is -2.32. The summed E-state index contributed by atoms with van der Waals surface area (Å²) in [7, 11) is 3.06. The van der Waals surface area contributed by atoms with Crippen LogP contribution in [-0.2, 0) is 54.3 Å². The van der Waals surface area contributed by atoms with E-state index in [0.717, 1.165) is 11.3 Å². The van der Waals surface area contributed by atoms with Crippen LogP contribution in [0.1, 0.15) is 37.7 Å². The van der Waals surface area contributed by atoms with Gasteiger partial charge >= 0.3 is 17.9 Å². The first-order valence-electron chi connectivity index (χ1n) is 21.8. The van der Waals surface area contributed by atoms with Crippen molar-refractivity contribution in [2.75, 3.05) is 139 Å². The largest absolute Gasteiger partial charge is 0.497 e. The first-order valence-corrected chi connectivity index (χ1v) is 21.8. The summed E-state index contributed by atoms with van der Waals surface area (Å²) < 4.78 is 16.0. The quantitative estimate of drug-likeness (QED) is 0.0364. The molecular weight excluding hydrogens is 855 g/mol. The molecule has 0 radical (unpaired) electrons. The molecule has 0 aliphatic carbocycles. The summed E-state index contributed by atoms with van der Waals surface area (Å²) in [6.07, 6.45) is 2.93. The minimum absolute atomic E-state index is 0.0224. The summed E-state index contributed by atoms with van der Waals surface area (Å²) in [5.74, 6) is -4.14. The van der Waals surface area contributed by atoms with Crippen molar-refractivity contribution >= 4 is 47.4 Å². The predicted octanol–water partition coefficient (Wildman–Crippen LogP) is -2.72. The zero-order valence-corrected chi connectivity index (χ0v) is 37.7. The van der Waals surface area contributed by atoms with Gasteiger partial charge in [-0.25, -0.2) is 0 Å². The normalized spacial score (nSPS) is 15.0. The van der Waals surface area contributed by atoms with E-state index in [1.165, 1.54) is 7.05 Å². The highest BCUT2D eigenvalue weighted by Crippen LogP contribution is 2.13. The Morgan fingerprint density at radius 2 is 1.12 bits per heavy atom. The number of hydrogen-bond acceptors (Lipinski definition) is 15. The second-order valence-electron chi connectivity index (χ2n) is 15.4. The van der Waals surface area contributed by atoms with Gasteiger partial charge in [0.25, 0.3) is 0 Å². The van der Waals surface area contributed by atoms with Crippen molar-refractivity contribution in [1.29, 1.82) is 0 Å². The van der Waals surface area contributed by atoms with Crippen molar-refractivity contribution in [2.24, 2.45) is 0 Å². The third-order valence-electron chi connectivity index (χ3n) is 10.2. The fourth-order valence-electron chi connectivity index (χ4n) is 6.64. The highest BCUT2D eigenvalue weighted by Gasteiger charge is 2.22. The maximum absolute atomic E-state index is 12.8. The number of aliphatic carboxylic acids is 3. The summed E-state index contributed by atoms with van der Waals surface area (Å²) in [6, 6.07) is 6.77. The van der Waals surface area contributed by atoms with Crippen molar-refractivity contribution in [3.05, 3.63) is 29.8 Å². The monoisotopic (exact) mass is 923 g/mol. The minimum Gasteiger partial charge on any atom is -0.497 e. The van der Waals surface area contributed by atoms with E-state index in [9.17, 15) is 53.7 Å². The number of amides is 5. The molecule has 5 amide bonds. The van der Waals surface area contributed by atoms with Crippen LogP contribution in [0.3, 0.4) is 0 Å². The number of hydrogen-bond donors (Lipinski definition) is 8. The lowest BCUT2D eigenvalue weighted by atomic mass is 10.1. The molecule has 23 nitrogen and oxygen atoms in total. The number of nitrogens with one attached hydrogen (secondary N) is 5. The molecular formula is C42H69N9O14. The molecule has 1 atom stereocenters. The molecule has 0 saturated carbocycles. The van der Waals surface area contributed by atoms with E-state index < -0.39 is 29.9 Å². The molecule has 2 rings (SSSR count). The third-order valence-corrected chi connectivity index (χ3v) is 10.2. The Bertz CT molecular complexity index is 1610. The number of rotatable bonds is 30. The van der Waals surface area contributed by atoms with Gasteiger partial charge in [0, 0.05) is 78.9 Å². The molecule has 65 heavy (non-hydrogen) atoms. The molecule has 1 aromatic carbocycles. The number of likely N-dealkylation sites (N-methyl/N-ethyl adjacent to an activating group) is 1. The van der Waals surface area contributed by atoms with Gasteiger partial charge in [-0.15, -0.1) is 0 Å². The Balaban J connectivity index is 1.60. The average molecular weight is 924 g/mol. The van der Waals surface area contributed by atoms with Crippen LogP contribution in [0.2, 0.25) is 0 Å². The standard InChI is InChI=1S/C42H69N9O14/c1-43-42(62)34(47-36(53)26-46-35(52)8-5-6-32-9-11-33(63-2)12-10-32)7-3-4-13-44-38(55)31-65-25-24-64-23-14-45-37(54)27-48-15-17-49(28-39(56)57)19-21-51(30-41(60)61)22-20-50(18-16-48)29-40(58)59/h9-12,34H,3-8,13-31H2,1-2H3,(H,43,62)(H,44,55)(H,45,54)(H,46,52)(H,47,53)(H,56,57)(H,58,59)(H,60,61)/t34-/m0/s1. The van der Waals surface area contributed by atoms with Crippen molar-refractivity contribution in [2.45, 2.75) is 44.6 Å². The van der Waals surface area contributed by atoms with Crippen molar-refractivity contribution in [1.82, 2.24) is 46.2 Å². The second kappa shape index (κ2) is 33.1. The summed E-state index contributed by atoms with van der Waals surface area (Å²) in [6.45, 7) is 2.02. The van der Waals surface area contributed by atoms with E-state index in [-0.39, 0.29) is 122 Å². The lowest BCUT2D eigenvalue weighted by Crippen LogP contribution is -2.50. The molecule has 1 saturated heterocycles. The maximum atomic E-state index is 12.8. The molecule has 0 spiro atoms. The van der Waals surface area contributed by atoms with E-state index in [0.29, 0.717) is 64.8 Å². The number of methoxy groups -OCH3 is 1. The molecule has 1 aliphatic heterocycles. The van der Waals surface area contributed by atoms with E-state index in [1.807, 2.05) is 29.2 Å². The maximum Gasteiger partial charge on any atom is 0.317 e. The van der Waals surface area contributed by atoms with Gasteiger partial charge in [0.05, 0.1) is 59.7 Å². The van der Waals surface area contributed by atoms with Gasteiger partial charge in [0.2, 0.25) is 29.5 Å². The zero-order valence-electron chi connectivity index (χ0n) is 37.7. The number of carbonyl (C=O) groups excluding carboxylic acids is 5. The van der Waals surface area contributed by atoms with Crippen LogP contribution in [0.4, 0.5) is 0 Å². The number of ether oxygens (including phenoxy) is 3. The number of unbranched alkanes of at least 4 members (excludes halogenated alkanes) is 1. The Morgan fingerprint density at radius 1 is 0.600 bits per heavy atom. The van der Waals surface area contributed by atoms with E-state index in [1.54, 1.807) is 21.8 Å². The van der Waals surface area contributed by atoms with Gasteiger partial charge in [-0.05, 0) is 49.8 Å². The zero-order chi connectivity index (χ0) is 47.8. The Hall–Kier alpha value is -5.46. The Labute approximate surface area is 379 Å².